The van der Waals surface area contributed by atoms with Crippen LogP contribution in [0.2, 0.25) is 0 Å². The molecule has 0 aromatic rings. The molecule has 0 amide bonds. The van der Waals surface area contributed by atoms with Crippen LogP contribution in [-0.2, 0) is 65.4 Å². The van der Waals surface area contributed by atoms with E-state index in [0.717, 1.165) is 102 Å². The maximum absolute atomic E-state index is 13.0. The lowest BCUT2D eigenvalue weighted by Crippen LogP contribution is -2.30. The van der Waals surface area contributed by atoms with Crippen LogP contribution in [0, 0.1) is 5.92 Å². The van der Waals surface area contributed by atoms with Crippen molar-refractivity contribution >= 4 is 39.5 Å². The average Bonchev–Trinajstić information content (AvgIpc) is 3.44. The lowest BCUT2D eigenvalue weighted by Gasteiger charge is -2.21. The van der Waals surface area contributed by atoms with E-state index in [1.807, 2.05) is 0 Å². The smallest absolute Gasteiger partial charge is 0.462 e. The first kappa shape index (κ1) is 80.1. The first-order valence-corrected chi connectivity index (χ1v) is 36.1. The molecular formula is C63H122O17P2. The van der Waals surface area contributed by atoms with Crippen molar-refractivity contribution in [2.75, 3.05) is 39.6 Å². The van der Waals surface area contributed by atoms with Gasteiger partial charge in [0.15, 0.2) is 12.2 Å². The Morgan fingerprint density at radius 1 is 0.329 bits per heavy atom. The molecular weight excluding hydrogens is 1090 g/mol. The van der Waals surface area contributed by atoms with Crippen molar-refractivity contribution in [3.8, 4) is 0 Å². The number of aliphatic hydroxyl groups excluding tert-OH is 1. The zero-order valence-electron chi connectivity index (χ0n) is 52.6. The largest absolute Gasteiger partial charge is 0.472 e. The quantitative estimate of drug-likeness (QED) is 0.0222. The minimum absolute atomic E-state index is 0.105. The lowest BCUT2D eigenvalue weighted by molar-refractivity contribution is -0.161. The van der Waals surface area contributed by atoms with E-state index in [2.05, 4.69) is 34.6 Å². The van der Waals surface area contributed by atoms with Gasteiger partial charge in [0.25, 0.3) is 0 Å². The van der Waals surface area contributed by atoms with Gasteiger partial charge in [0.05, 0.1) is 26.4 Å². The van der Waals surface area contributed by atoms with Gasteiger partial charge in [0, 0.05) is 25.7 Å². The summed E-state index contributed by atoms with van der Waals surface area (Å²) in [4.78, 5) is 71.9. The van der Waals surface area contributed by atoms with E-state index in [-0.39, 0.29) is 25.7 Å². The first-order valence-electron chi connectivity index (χ1n) is 33.1. The molecule has 0 saturated heterocycles. The van der Waals surface area contributed by atoms with Crippen LogP contribution in [0.1, 0.15) is 317 Å². The second-order valence-electron chi connectivity index (χ2n) is 23.3. The summed E-state index contributed by atoms with van der Waals surface area (Å²) >= 11 is 0. The Balaban J connectivity index is 5.14. The molecule has 0 bridgehead atoms. The summed E-state index contributed by atoms with van der Waals surface area (Å²) < 4.78 is 67.7. The van der Waals surface area contributed by atoms with Crippen LogP contribution in [0.3, 0.4) is 0 Å². The molecule has 0 radical (unpaired) electrons. The number of aliphatic hydroxyl groups is 1. The van der Waals surface area contributed by atoms with Crippen molar-refractivity contribution in [3.05, 3.63) is 0 Å². The number of unbranched alkanes of at least 4 members (excludes halogenated alkanes) is 35. The molecule has 17 nitrogen and oxygen atoms in total. The fourth-order valence-corrected chi connectivity index (χ4v) is 11.0. The molecule has 0 aliphatic rings. The van der Waals surface area contributed by atoms with Gasteiger partial charge in [-0.2, -0.15) is 0 Å². The molecule has 82 heavy (non-hydrogen) atoms. The predicted octanol–water partition coefficient (Wildman–Crippen LogP) is 17.4. The fourth-order valence-electron chi connectivity index (χ4n) is 9.41. The highest BCUT2D eigenvalue weighted by atomic mass is 31.2. The van der Waals surface area contributed by atoms with E-state index >= 15 is 0 Å². The fraction of sp³-hybridized carbons (Fsp3) is 0.937. The molecule has 486 valence electrons. The van der Waals surface area contributed by atoms with Gasteiger partial charge in [-0.3, -0.25) is 37.3 Å². The van der Waals surface area contributed by atoms with Gasteiger partial charge in [0.1, 0.15) is 19.3 Å². The van der Waals surface area contributed by atoms with E-state index in [0.29, 0.717) is 25.7 Å². The predicted molar refractivity (Wildman–Crippen MR) is 326 cm³/mol. The van der Waals surface area contributed by atoms with Crippen LogP contribution in [0.15, 0.2) is 0 Å². The number of carbonyl (C=O) groups is 4. The van der Waals surface area contributed by atoms with Gasteiger partial charge in [0.2, 0.25) is 0 Å². The van der Waals surface area contributed by atoms with Crippen molar-refractivity contribution in [1.82, 2.24) is 0 Å². The van der Waals surface area contributed by atoms with E-state index in [9.17, 15) is 43.2 Å². The molecule has 0 rings (SSSR count). The highest BCUT2D eigenvalue weighted by molar-refractivity contribution is 7.47. The molecule has 0 fully saturated rings. The van der Waals surface area contributed by atoms with Crippen molar-refractivity contribution in [3.63, 3.8) is 0 Å². The minimum atomic E-state index is -4.94. The summed E-state index contributed by atoms with van der Waals surface area (Å²) in [6.45, 7) is 7.11. The number of carbonyl (C=O) groups excluding carboxylic acids is 4. The SMILES string of the molecule is CCCCCCCCCCCCCC(=O)OC[C@H](COP(=O)(O)OC[C@@H](O)COP(=O)(O)OC[C@@H](COC(=O)CCCCCCC)OC(=O)CCCCCCCCCCC)OC(=O)CCCCCCCCCCCCCCCCC(C)C. The topological polar surface area (TPSA) is 237 Å². The maximum atomic E-state index is 13.0. The van der Waals surface area contributed by atoms with E-state index in [1.54, 1.807) is 0 Å². The van der Waals surface area contributed by atoms with E-state index in [4.69, 9.17) is 37.0 Å². The van der Waals surface area contributed by atoms with Crippen molar-refractivity contribution in [2.45, 2.75) is 335 Å². The summed E-state index contributed by atoms with van der Waals surface area (Å²) in [6, 6.07) is 0. The Labute approximate surface area is 498 Å². The highest BCUT2D eigenvalue weighted by Crippen LogP contribution is 2.45. The molecule has 3 N–H and O–H groups in total. The van der Waals surface area contributed by atoms with E-state index in [1.165, 1.54) is 135 Å². The monoisotopic (exact) mass is 1210 g/mol. The normalized spacial score (nSPS) is 14.3. The van der Waals surface area contributed by atoms with Crippen molar-refractivity contribution < 1.29 is 80.2 Å². The molecule has 0 aliphatic carbocycles. The summed E-state index contributed by atoms with van der Waals surface area (Å²) in [6.07, 6.45) is 40.6. The molecule has 0 heterocycles. The molecule has 0 aromatic heterocycles. The Morgan fingerprint density at radius 2 is 0.561 bits per heavy atom. The number of ether oxygens (including phenoxy) is 4. The third-order valence-corrected chi connectivity index (χ3v) is 16.4. The Hall–Kier alpha value is -1.94. The van der Waals surface area contributed by atoms with Gasteiger partial charge in [-0.05, 0) is 31.6 Å². The maximum Gasteiger partial charge on any atom is 0.472 e. The lowest BCUT2D eigenvalue weighted by atomic mass is 10.0. The second kappa shape index (κ2) is 56.8. The molecule has 0 aromatic carbocycles. The zero-order chi connectivity index (χ0) is 60.6. The van der Waals surface area contributed by atoms with E-state index < -0.39 is 97.5 Å². The van der Waals surface area contributed by atoms with Crippen molar-refractivity contribution in [1.29, 1.82) is 0 Å². The first-order chi connectivity index (χ1) is 39.5. The molecule has 19 heteroatoms. The summed E-state index contributed by atoms with van der Waals surface area (Å²) in [5.41, 5.74) is 0. The molecule has 5 atom stereocenters. The average molecular weight is 1210 g/mol. The van der Waals surface area contributed by atoms with Crippen LogP contribution in [0.5, 0.6) is 0 Å². The molecule has 0 spiro atoms. The third kappa shape index (κ3) is 57.2. The van der Waals surface area contributed by atoms with Crippen LogP contribution in [0.4, 0.5) is 0 Å². The number of esters is 4. The highest BCUT2D eigenvalue weighted by Gasteiger charge is 2.30. The molecule has 0 saturated carbocycles. The Bertz CT molecular complexity index is 1600. The van der Waals surface area contributed by atoms with Gasteiger partial charge in [-0.25, -0.2) is 9.13 Å². The molecule has 2 unspecified atom stereocenters. The molecule has 0 aliphatic heterocycles. The van der Waals surface area contributed by atoms with Crippen LogP contribution in [0.25, 0.3) is 0 Å². The summed E-state index contributed by atoms with van der Waals surface area (Å²) in [5.74, 6) is -1.35. The number of rotatable bonds is 63. The zero-order valence-corrected chi connectivity index (χ0v) is 54.4. The van der Waals surface area contributed by atoms with Crippen LogP contribution < -0.4 is 0 Å². The van der Waals surface area contributed by atoms with Gasteiger partial charge < -0.3 is 33.8 Å². The van der Waals surface area contributed by atoms with Crippen molar-refractivity contribution in [2.24, 2.45) is 5.92 Å². The standard InChI is InChI=1S/C63H122O17P2/c1-6-9-12-15-17-19-24-29-32-37-42-47-61(66)74-53-59(80-63(68)49-44-39-34-30-26-23-21-20-22-25-28-31-36-40-45-56(4)5)55-78-82(71,72)76-51-57(64)50-75-81(69,70)77-54-58(52-73-60(65)46-41-35-14-11-8-3)79-62(67)48-43-38-33-27-18-16-13-10-7-2/h56-59,64H,6-55H2,1-5H3,(H,69,70)(H,71,72)/t57-,58+,59+/m0/s1. The summed E-state index contributed by atoms with van der Waals surface area (Å²) in [5, 5.41) is 10.5. The third-order valence-electron chi connectivity index (χ3n) is 14.5. The Kier molecular flexibility index (Phi) is 55.5. The number of phosphoric ester groups is 2. The van der Waals surface area contributed by atoms with Gasteiger partial charge in [-0.1, -0.05) is 266 Å². The number of hydrogen-bond acceptors (Lipinski definition) is 15. The second-order valence-corrected chi connectivity index (χ2v) is 26.2. The van der Waals surface area contributed by atoms with Gasteiger partial charge >= 0.3 is 39.5 Å². The van der Waals surface area contributed by atoms with Crippen LogP contribution in [-0.4, -0.2) is 96.7 Å². The number of hydrogen-bond donors (Lipinski definition) is 3. The van der Waals surface area contributed by atoms with Gasteiger partial charge in [-0.15, -0.1) is 0 Å². The minimum Gasteiger partial charge on any atom is -0.462 e. The number of phosphoric acid groups is 2. The Morgan fingerprint density at radius 3 is 0.829 bits per heavy atom. The van der Waals surface area contributed by atoms with Crippen LogP contribution >= 0.6 is 15.6 Å². The summed E-state index contributed by atoms with van der Waals surface area (Å²) in [7, 11) is -9.87.